The summed E-state index contributed by atoms with van der Waals surface area (Å²) in [6.45, 7) is 2.09. The number of hydrogen-bond acceptors (Lipinski definition) is 5. The molecule has 3 N–H and O–H groups in total. The first-order valence-corrected chi connectivity index (χ1v) is 11.0. The molecular formula is C26H21N5O3. The van der Waals surface area contributed by atoms with Crippen molar-refractivity contribution >= 4 is 39.7 Å². The van der Waals surface area contributed by atoms with Gasteiger partial charge >= 0.3 is 6.09 Å². The van der Waals surface area contributed by atoms with E-state index >= 15 is 0 Å². The predicted octanol–water partition coefficient (Wildman–Crippen LogP) is 5.27. The van der Waals surface area contributed by atoms with E-state index in [2.05, 4.69) is 43.4 Å². The first-order chi connectivity index (χ1) is 16.6. The Balaban J connectivity index is 1.35. The van der Waals surface area contributed by atoms with Gasteiger partial charge in [-0.2, -0.15) is 0 Å². The van der Waals surface area contributed by atoms with E-state index in [0.29, 0.717) is 12.1 Å². The van der Waals surface area contributed by atoms with Crippen LogP contribution in [0.3, 0.4) is 0 Å². The van der Waals surface area contributed by atoms with Gasteiger partial charge in [0.05, 0.1) is 23.1 Å². The topological polar surface area (TPSA) is 103 Å². The molecule has 1 aliphatic rings. The Morgan fingerprint density at radius 1 is 1.03 bits per heavy atom. The van der Waals surface area contributed by atoms with Crippen LogP contribution >= 0.6 is 0 Å². The number of aromatic nitrogens is 3. The Morgan fingerprint density at radius 2 is 1.88 bits per heavy atom. The van der Waals surface area contributed by atoms with Crippen LogP contribution in [0, 0.1) is 0 Å². The molecule has 0 saturated heterocycles. The number of nitrogens with one attached hydrogen (secondary N) is 2. The lowest BCUT2D eigenvalue weighted by Crippen LogP contribution is -2.25. The van der Waals surface area contributed by atoms with Crippen molar-refractivity contribution in [1.82, 2.24) is 15.0 Å². The van der Waals surface area contributed by atoms with Gasteiger partial charge in [-0.15, -0.1) is 0 Å². The molecule has 1 amide bonds. The van der Waals surface area contributed by atoms with Crippen molar-refractivity contribution in [2.45, 2.75) is 6.54 Å². The molecule has 5 aromatic rings. The van der Waals surface area contributed by atoms with Crippen molar-refractivity contribution in [2.75, 3.05) is 23.4 Å². The lowest BCUT2D eigenvalue weighted by molar-refractivity contribution is 0.209. The van der Waals surface area contributed by atoms with Crippen LogP contribution in [0.15, 0.2) is 72.9 Å². The number of pyridine rings is 1. The molecule has 0 saturated carbocycles. The Morgan fingerprint density at radius 3 is 2.79 bits per heavy atom. The molecule has 2 aromatic heterocycles. The lowest BCUT2D eigenvalue weighted by atomic mass is 10.0. The van der Waals surface area contributed by atoms with E-state index in [9.17, 15) is 4.79 Å². The van der Waals surface area contributed by atoms with Gasteiger partial charge in [0.15, 0.2) is 0 Å². The SMILES string of the molecule is O=C(O)Nc1nc2ccc(-c3ccc4c(c3)CN(c3ccnc5ccccc35)CCO4)cc2[nH]1. The van der Waals surface area contributed by atoms with Crippen molar-refractivity contribution in [2.24, 2.45) is 0 Å². The average Bonchev–Trinajstić information content (AvgIpc) is 3.11. The van der Waals surface area contributed by atoms with Crippen molar-refractivity contribution in [1.29, 1.82) is 0 Å². The first kappa shape index (κ1) is 20.0. The van der Waals surface area contributed by atoms with Gasteiger partial charge in [0.25, 0.3) is 0 Å². The smallest absolute Gasteiger partial charge is 0.411 e. The molecule has 3 heterocycles. The zero-order valence-corrected chi connectivity index (χ0v) is 18.2. The third kappa shape index (κ3) is 3.65. The first-order valence-electron chi connectivity index (χ1n) is 11.0. The van der Waals surface area contributed by atoms with E-state index in [0.717, 1.165) is 57.6 Å². The van der Waals surface area contributed by atoms with Gasteiger partial charge in [-0.05, 0) is 47.5 Å². The normalized spacial score (nSPS) is 13.4. The number of nitrogens with zero attached hydrogens (tertiary/aromatic N) is 3. The number of carboxylic acid groups (broad SMARTS) is 1. The summed E-state index contributed by atoms with van der Waals surface area (Å²) in [6, 6.07) is 22.3. The van der Waals surface area contributed by atoms with E-state index in [-0.39, 0.29) is 5.95 Å². The van der Waals surface area contributed by atoms with Crippen molar-refractivity contribution in [3.63, 3.8) is 0 Å². The van der Waals surface area contributed by atoms with Crippen LogP contribution in [-0.4, -0.2) is 39.3 Å². The number of hydrogen-bond donors (Lipinski definition) is 3. The fraction of sp³-hybridized carbons (Fsp3) is 0.115. The highest BCUT2D eigenvalue weighted by Crippen LogP contribution is 2.34. The minimum absolute atomic E-state index is 0.204. The second-order valence-electron chi connectivity index (χ2n) is 8.19. The third-order valence-electron chi connectivity index (χ3n) is 6.05. The Bertz CT molecular complexity index is 1540. The number of para-hydroxylation sites is 1. The molecule has 8 nitrogen and oxygen atoms in total. The number of benzene rings is 3. The number of carbonyl (C=O) groups is 1. The average molecular weight is 451 g/mol. The maximum Gasteiger partial charge on any atom is 0.411 e. The number of ether oxygens (including phenoxy) is 1. The third-order valence-corrected chi connectivity index (χ3v) is 6.05. The molecule has 3 aromatic carbocycles. The largest absolute Gasteiger partial charge is 0.491 e. The van der Waals surface area contributed by atoms with Crippen LogP contribution in [0.2, 0.25) is 0 Å². The summed E-state index contributed by atoms with van der Waals surface area (Å²) in [4.78, 5) is 25.0. The van der Waals surface area contributed by atoms with Crippen molar-refractivity contribution in [3.8, 4) is 16.9 Å². The van der Waals surface area contributed by atoms with Crippen LogP contribution in [0.5, 0.6) is 5.75 Å². The van der Waals surface area contributed by atoms with Gasteiger partial charge in [0.2, 0.25) is 5.95 Å². The molecule has 0 fully saturated rings. The van der Waals surface area contributed by atoms with Gasteiger partial charge in [0.1, 0.15) is 12.4 Å². The van der Waals surface area contributed by atoms with E-state index < -0.39 is 6.09 Å². The minimum atomic E-state index is -1.16. The summed E-state index contributed by atoms with van der Waals surface area (Å²) in [5.74, 6) is 1.09. The number of amides is 1. The van der Waals surface area contributed by atoms with E-state index in [1.807, 2.05) is 54.7 Å². The fourth-order valence-corrected chi connectivity index (χ4v) is 4.49. The Kier molecular flexibility index (Phi) is 4.76. The lowest BCUT2D eigenvalue weighted by Gasteiger charge is -2.23. The van der Waals surface area contributed by atoms with Crippen molar-refractivity contribution < 1.29 is 14.6 Å². The molecule has 0 unspecified atom stereocenters. The number of H-pyrrole nitrogens is 1. The molecule has 8 heteroatoms. The van der Waals surface area contributed by atoms with Gasteiger partial charge in [-0.3, -0.25) is 10.3 Å². The zero-order valence-electron chi connectivity index (χ0n) is 18.2. The summed E-state index contributed by atoms with van der Waals surface area (Å²) < 4.78 is 6.08. The molecule has 34 heavy (non-hydrogen) atoms. The van der Waals surface area contributed by atoms with Crippen LogP contribution in [0.1, 0.15) is 5.56 Å². The fourth-order valence-electron chi connectivity index (χ4n) is 4.49. The second kappa shape index (κ2) is 8.08. The Hall–Kier alpha value is -4.59. The number of aromatic amines is 1. The van der Waals surface area contributed by atoms with Crippen LogP contribution < -0.4 is 15.0 Å². The summed E-state index contributed by atoms with van der Waals surface area (Å²) >= 11 is 0. The number of imidazole rings is 1. The molecule has 1 aliphatic heterocycles. The van der Waals surface area contributed by atoms with Gasteiger partial charge in [-0.25, -0.2) is 9.78 Å². The molecule has 6 rings (SSSR count). The minimum Gasteiger partial charge on any atom is -0.491 e. The highest BCUT2D eigenvalue weighted by molar-refractivity contribution is 5.91. The van der Waals surface area contributed by atoms with Gasteiger partial charge in [-0.1, -0.05) is 30.3 Å². The summed E-state index contributed by atoms with van der Waals surface area (Å²) in [5, 5.41) is 12.3. The zero-order chi connectivity index (χ0) is 23.1. The molecule has 0 atom stereocenters. The summed E-state index contributed by atoms with van der Waals surface area (Å²) in [5.41, 5.74) is 6.74. The maximum atomic E-state index is 10.9. The predicted molar refractivity (Wildman–Crippen MR) is 131 cm³/mol. The molecule has 168 valence electrons. The van der Waals surface area contributed by atoms with Crippen LogP contribution in [-0.2, 0) is 6.54 Å². The highest BCUT2D eigenvalue weighted by atomic mass is 16.5. The van der Waals surface area contributed by atoms with Gasteiger partial charge in [0, 0.05) is 29.4 Å². The molecule has 0 aliphatic carbocycles. The quantitative estimate of drug-likeness (QED) is 0.345. The second-order valence-corrected chi connectivity index (χ2v) is 8.19. The van der Waals surface area contributed by atoms with Gasteiger partial charge < -0.3 is 19.7 Å². The number of anilines is 2. The van der Waals surface area contributed by atoms with Crippen LogP contribution in [0.4, 0.5) is 16.4 Å². The van der Waals surface area contributed by atoms with E-state index in [1.54, 1.807) is 0 Å². The summed E-state index contributed by atoms with van der Waals surface area (Å²) in [7, 11) is 0. The molecule has 0 spiro atoms. The number of fused-ring (bicyclic) bond motifs is 3. The summed E-state index contributed by atoms with van der Waals surface area (Å²) in [6.07, 6.45) is 0.699. The van der Waals surface area contributed by atoms with Crippen molar-refractivity contribution in [3.05, 3.63) is 78.5 Å². The maximum absolute atomic E-state index is 10.9. The molecular weight excluding hydrogens is 430 g/mol. The molecule has 0 bridgehead atoms. The van der Waals surface area contributed by atoms with E-state index in [1.165, 1.54) is 0 Å². The van der Waals surface area contributed by atoms with E-state index in [4.69, 9.17) is 9.84 Å². The highest BCUT2D eigenvalue weighted by Gasteiger charge is 2.19. The molecule has 0 radical (unpaired) electrons. The van der Waals surface area contributed by atoms with Crippen LogP contribution in [0.25, 0.3) is 33.1 Å². The number of rotatable bonds is 3. The monoisotopic (exact) mass is 451 g/mol. The Labute approximate surface area is 194 Å². The standard InChI is InChI=1S/C26H21N5O3/c32-26(33)30-25-28-21-7-5-17(14-22(21)29-25)16-6-8-24-18(13-16)15-31(11-12-34-24)23-9-10-27-20-4-2-1-3-19(20)23/h1-10,13-14H,11-12,15H2,(H,32,33)(H2,28,29,30).